The molecule has 2 aromatic heterocycles. The van der Waals surface area contributed by atoms with Gasteiger partial charge in [0.05, 0.1) is 12.3 Å². The summed E-state index contributed by atoms with van der Waals surface area (Å²) in [6.45, 7) is 3.23. The van der Waals surface area contributed by atoms with Crippen molar-refractivity contribution in [2.24, 2.45) is 5.92 Å². The van der Waals surface area contributed by atoms with Crippen LogP contribution in [0, 0.1) is 17.2 Å². The van der Waals surface area contributed by atoms with Gasteiger partial charge in [0.25, 0.3) is 0 Å². The second-order valence-electron chi connectivity index (χ2n) is 8.92. The number of rotatable bonds is 14. The molecule has 16 heteroatoms. The van der Waals surface area contributed by atoms with E-state index in [4.69, 9.17) is 29.2 Å². The van der Waals surface area contributed by atoms with E-state index in [2.05, 4.69) is 15.2 Å². The van der Waals surface area contributed by atoms with Gasteiger partial charge in [0.2, 0.25) is 5.60 Å². The molecule has 1 aliphatic rings. The van der Waals surface area contributed by atoms with Crippen molar-refractivity contribution >= 4 is 37.4 Å². The molecule has 210 valence electrons. The fourth-order valence-corrected chi connectivity index (χ4v) is 4.44. The SMILES string of the molecule is CO[C@](C#N)(CO[P+](=O)N[C@@H](C)C(=O)OCC1CC1)[C@@H](OC(C)=O)[C@@H](OC(C)=O)c1ccc2c(N)ncnn12. The molecule has 0 bridgehead atoms. The van der Waals surface area contributed by atoms with E-state index in [0.717, 1.165) is 33.8 Å². The maximum Gasteiger partial charge on any atom is 0.613 e. The highest BCUT2D eigenvalue weighted by Crippen LogP contribution is 2.36. The summed E-state index contributed by atoms with van der Waals surface area (Å²) < 4.78 is 40.9. The number of aromatic nitrogens is 3. The van der Waals surface area contributed by atoms with Gasteiger partial charge in [-0.15, -0.1) is 4.52 Å². The van der Waals surface area contributed by atoms with Crippen LogP contribution in [0.2, 0.25) is 0 Å². The fourth-order valence-electron chi connectivity index (χ4n) is 3.64. The standard InChI is InChI=1S/C23H30N6O9P/c1-13(22(32)35-9-16-5-6-16)28-39(33)36-11-23(10-24,34-4)20(38-15(3)31)19(37-14(2)30)17-7-8-18-21(25)26-12-27-29(17)18/h7-8,12-13,16,19-20H,5-6,9,11H2,1-4H3,(H,28,33)(H2,25,26,27)/q+1/t13-,19-,20-,23+/m0/s1. The molecular formula is C23H30N6O9P+. The Morgan fingerprint density at radius 3 is 2.56 bits per heavy atom. The molecule has 2 heterocycles. The number of nitrogen functional groups attached to an aromatic ring is 1. The summed E-state index contributed by atoms with van der Waals surface area (Å²) in [5.41, 5.74) is 4.30. The third-order valence-corrected chi connectivity index (χ3v) is 6.85. The molecule has 1 saturated carbocycles. The predicted molar refractivity (Wildman–Crippen MR) is 133 cm³/mol. The van der Waals surface area contributed by atoms with Crippen molar-refractivity contribution in [1.82, 2.24) is 19.7 Å². The van der Waals surface area contributed by atoms with Gasteiger partial charge >= 0.3 is 26.1 Å². The van der Waals surface area contributed by atoms with E-state index in [-0.39, 0.29) is 18.1 Å². The highest BCUT2D eigenvalue weighted by Gasteiger charge is 2.52. The van der Waals surface area contributed by atoms with Crippen molar-refractivity contribution in [3.63, 3.8) is 0 Å². The van der Waals surface area contributed by atoms with Gasteiger partial charge in [0, 0.05) is 21.0 Å². The molecule has 1 aliphatic carbocycles. The van der Waals surface area contributed by atoms with E-state index in [1.54, 1.807) is 6.07 Å². The van der Waals surface area contributed by atoms with Gasteiger partial charge in [-0.2, -0.15) is 10.4 Å². The van der Waals surface area contributed by atoms with Crippen molar-refractivity contribution in [3.8, 4) is 6.07 Å². The normalized spacial score (nSPS) is 17.3. The summed E-state index contributed by atoms with van der Waals surface area (Å²) in [6.07, 6.45) is 0.0798. The molecule has 0 amide bonds. The van der Waals surface area contributed by atoms with Crippen LogP contribution in [-0.4, -0.2) is 70.6 Å². The minimum absolute atomic E-state index is 0.122. The van der Waals surface area contributed by atoms with Crippen LogP contribution in [0.25, 0.3) is 5.52 Å². The summed E-state index contributed by atoms with van der Waals surface area (Å²) in [5.74, 6) is -1.74. The third-order valence-electron chi connectivity index (χ3n) is 5.88. The number of ether oxygens (including phenoxy) is 4. The van der Waals surface area contributed by atoms with Gasteiger partial charge in [0.1, 0.15) is 24.0 Å². The van der Waals surface area contributed by atoms with Crippen LogP contribution in [0.3, 0.4) is 0 Å². The first-order valence-electron chi connectivity index (χ1n) is 11.9. The Bertz CT molecular complexity index is 1280. The molecular weight excluding hydrogens is 535 g/mol. The van der Waals surface area contributed by atoms with Crippen molar-refractivity contribution < 1.29 is 42.4 Å². The van der Waals surface area contributed by atoms with E-state index in [0.29, 0.717) is 11.4 Å². The number of carbonyl (C=O) groups excluding carboxylic acids is 3. The highest BCUT2D eigenvalue weighted by molar-refractivity contribution is 7.36. The van der Waals surface area contributed by atoms with Crippen LogP contribution >= 0.6 is 8.18 Å². The van der Waals surface area contributed by atoms with Gasteiger partial charge in [0.15, 0.2) is 24.6 Å². The first kappa shape index (κ1) is 29.9. The summed E-state index contributed by atoms with van der Waals surface area (Å²) in [4.78, 5) is 40.3. The van der Waals surface area contributed by atoms with E-state index in [9.17, 15) is 24.2 Å². The van der Waals surface area contributed by atoms with Crippen LogP contribution in [0.15, 0.2) is 18.5 Å². The number of esters is 3. The van der Waals surface area contributed by atoms with Crippen molar-refractivity contribution in [2.75, 3.05) is 26.1 Å². The van der Waals surface area contributed by atoms with Crippen molar-refractivity contribution in [3.05, 3.63) is 24.2 Å². The Morgan fingerprint density at radius 2 is 1.97 bits per heavy atom. The molecule has 0 saturated heterocycles. The van der Waals surface area contributed by atoms with Crippen molar-refractivity contribution in [2.45, 2.75) is 57.5 Å². The number of nitrogens with two attached hydrogens (primary N) is 1. The third kappa shape index (κ3) is 7.45. The maximum absolute atomic E-state index is 12.6. The molecule has 0 radical (unpaired) electrons. The lowest BCUT2D eigenvalue weighted by Crippen LogP contribution is -2.52. The van der Waals surface area contributed by atoms with Crippen LogP contribution in [0.1, 0.15) is 45.4 Å². The minimum atomic E-state index is -2.72. The number of carbonyl (C=O) groups is 3. The zero-order chi connectivity index (χ0) is 28.7. The fraction of sp³-hybridized carbons (Fsp3) is 0.565. The first-order valence-corrected chi connectivity index (χ1v) is 13.1. The molecule has 0 aliphatic heterocycles. The van der Waals surface area contributed by atoms with E-state index >= 15 is 0 Å². The van der Waals surface area contributed by atoms with Crippen molar-refractivity contribution in [1.29, 1.82) is 5.26 Å². The summed E-state index contributed by atoms with van der Waals surface area (Å²) in [6, 6.07) is 3.97. The molecule has 2 aromatic rings. The van der Waals surface area contributed by atoms with Crippen LogP contribution in [-0.2, 0) is 42.4 Å². The van der Waals surface area contributed by atoms with Crippen LogP contribution in [0.5, 0.6) is 0 Å². The summed E-state index contributed by atoms with van der Waals surface area (Å²) >= 11 is 0. The lowest BCUT2D eigenvalue weighted by molar-refractivity contribution is -0.191. The van der Waals surface area contributed by atoms with E-state index in [1.165, 1.54) is 23.8 Å². The minimum Gasteiger partial charge on any atom is -0.464 e. The maximum atomic E-state index is 12.6. The predicted octanol–water partition coefficient (Wildman–Crippen LogP) is 1.36. The largest absolute Gasteiger partial charge is 0.613 e. The second kappa shape index (κ2) is 12.9. The first-order chi connectivity index (χ1) is 18.5. The lowest BCUT2D eigenvalue weighted by Gasteiger charge is -2.35. The number of fused-ring (bicyclic) bond motifs is 1. The zero-order valence-electron chi connectivity index (χ0n) is 21.9. The highest BCUT2D eigenvalue weighted by atomic mass is 31.1. The number of nitrogens with zero attached hydrogens (tertiary/aromatic N) is 4. The molecule has 0 spiro atoms. The monoisotopic (exact) mass is 565 g/mol. The number of nitriles is 1. The number of hydrogen-bond acceptors (Lipinski definition) is 13. The van der Waals surface area contributed by atoms with Crippen LogP contribution in [0.4, 0.5) is 5.82 Å². The average molecular weight is 566 g/mol. The topological polar surface area (TPSA) is 206 Å². The Balaban J connectivity index is 1.87. The lowest BCUT2D eigenvalue weighted by atomic mass is 9.92. The van der Waals surface area contributed by atoms with Gasteiger partial charge < -0.3 is 24.7 Å². The molecule has 1 fully saturated rings. The van der Waals surface area contributed by atoms with E-state index < -0.39 is 56.5 Å². The number of hydrogen-bond donors (Lipinski definition) is 2. The molecule has 0 aromatic carbocycles. The molecule has 1 unspecified atom stereocenters. The molecule has 3 rings (SSSR count). The summed E-state index contributed by atoms with van der Waals surface area (Å²) in [7, 11) is -1.58. The van der Waals surface area contributed by atoms with E-state index in [1.807, 2.05) is 6.07 Å². The van der Waals surface area contributed by atoms with Gasteiger partial charge in [-0.05, 0) is 42.4 Å². The quantitative estimate of drug-likeness (QED) is 0.188. The Labute approximate surface area is 224 Å². The Hall–Kier alpha value is -3.70. The smallest absolute Gasteiger partial charge is 0.464 e. The van der Waals surface area contributed by atoms with Gasteiger partial charge in [-0.3, -0.25) is 14.4 Å². The van der Waals surface area contributed by atoms with Gasteiger partial charge in [-0.1, -0.05) is 5.09 Å². The van der Waals surface area contributed by atoms with Crippen LogP contribution < -0.4 is 10.8 Å². The Morgan fingerprint density at radius 1 is 1.28 bits per heavy atom. The summed E-state index contributed by atoms with van der Waals surface area (Å²) in [5, 5.41) is 16.8. The number of anilines is 1. The Kier molecular flexibility index (Phi) is 9.87. The number of methoxy groups -OCH3 is 1. The molecule has 39 heavy (non-hydrogen) atoms. The zero-order valence-corrected chi connectivity index (χ0v) is 22.8. The van der Waals surface area contributed by atoms with Gasteiger partial charge in [-0.25, -0.2) is 9.50 Å². The second-order valence-corrected chi connectivity index (χ2v) is 9.95. The molecule has 3 N–H and O–H groups in total. The average Bonchev–Trinajstić information content (AvgIpc) is 3.62. The molecule has 15 nitrogen and oxygen atoms in total. The number of nitrogens with one attached hydrogen (secondary N) is 1. The molecule has 5 atom stereocenters.